The van der Waals surface area contributed by atoms with E-state index in [9.17, 15) is 19.6 Å². The van der Waals surface area contributed by atoms with Crippen molar-refractivity contribution in [3.63, 3.8) is 0 Å². The average Bonchev–Trinajstić information content (AvgIpc) is 3.57. The maximum atomic E-state index is 13.6. The maximum Gasteiger partial charge on any atom is 0.352 e. The zero-order valence-corrected chi connectivity index (χ0v) is 22.9. The number of nitrogens with zero attached hydrogens (tertiary/aromatic N) is 3. The lowest BCUT2D eigenvalue weighted by atomic mass is 10.1. The number of nitriles is 1. The van der Waals surface area contributed by atoms with Gasteiger partial charge in [-0.1, -0.05) is 0 Å². The number of esters is 1. The zero-order valence-electron chi connectivity index (χ0n) is 22.9. The number of rotatable bonds is 11. The number of amides is 2. The zero-order chi connectivity index (χ0) is 28.5. The van der Waals surface area contributed by atoms with E-state index in [1.54, 1.807) is 21.9 Å². The van der Waals surface area contributed by atoms with Gasteiger partial charge < -0.3 is 34.7 Å². The van der Waals surface area contributed by atoms with Crippen molar-refractivity contribution in [2.45, 2.75) is 57.9 Å². The third-order valence-corrected chi connectivity index (χ3v) is 7.14. The summed E-state index contributed by atoms with van der Waals surface area (Å²) in [7, 11) is 0. The van der Waals surface area contributed by atoms with Crippen LogP contribution >= 0.6 is 0 Å². The molecule has 11 heteroatoms. The Labute approximate surface area is 233 Å². The van der Waals surface area contributed by atoms with E-state index in [1.807, 2.05) is 25.1 Å². The molecule has 1 aromatic carbocycles. The number of hydrogen-bond acceptors (Lipinski definition) is 9. The second kappa shape index (κ2) is 13.8. The van der Waals surface area contributed by atoms with Crippen molar-refractivity contribution in [1.82, 2.24) is 15.1 Å². The number of hydrogen-bond donors (Lipinski definition) is 3. The molecule has 2 aliphatic rings. The molecule has 0 unspecified atom stereocenters. The van der Waals surface area contributed by atoms with Gasteiger partial charge in [-0.25, -0.2) is 4.79 Å². The van der Waals surface area contributed by atoms with Gasteiger partial charge in [0, 0.05) is 37.3 Å². The first-order valence-electron chi connectivity index (χ1n) is 13.9. The summed E-state index contributed by atoms with van der Waals surface area (Å²) < 4.78 is 10.9. The molecule has 0 aliphatic carbocycles. The van der Waals surface area contributed by atoms with Crippen LogP contribution in [0.1, 0.15) is 50.7 Å². The Hall–Kier alpha value is -4.04. The Balaban J connectivity index is 1.58. The fraction of sp³-hybridized carbons (Fsp3) is 0.517. The number of benzene rings is 1. The topological polar surface area (TPSA) is 148 Å². The number of carbonyl (C=O) groups is 3. The Kier molecular flexibility index (Phi) is 10.0. The second-order valence-electron chi connectivity index (χ2n) is 10.2. The molecule has 4 rings (SSSR count). The van der Waals surface area contributed by atoms with Gasteiger partial charge >= 0.3 is 5.97 Å². The third-order valence-electron chi connectivity index (χ3n) is 7.14. The quantitative estimate of drug-likeness (QED) is 0.166. The molecule has 0 bridgehead atoms. The maximum absolute atomic E-state index is 13.6. The average molecular weight is 552 g/mol. The Bertz CT molecular complexity index is 1290. The van der Waals surface area contributed by atoms with Crippen molar-refractivity contribution >= 4 is 34.4 Å². The summed E-state index contributed by atoms with van der Waals surface area (Å²) >= 11 is 0. The SMILES string of the molecule is Cc1cc2cc(N/C(N[C@H]3CCCCN(CC(=O)N4CCCC4)C3=O)=C(/C#N)C(=O)OCCCCO)ccc2o1. The molecule has 1 atom stereocenters. The standard InChI is InChI=1S/C29H37N5O6/c1-20-16-21-17-22(9-10-25(21)40-20)31-27(23(18-30)29(38)39-15-7-6-14-35)32-24-8-2-3-13-34(28(24)37)19-26(36)33-11-4-5-12-33/h9-10,16-17,24,31-32,35H,2-8,11-15,19H2,1H3/b27-23+/t24-/m0/s1. The molecule has 3 heterocycles. The van der Waals surface area contributed by atoms with Gasteiger partial charge in [0.1, 0.15) is 29.3 Å². The van der Waals surface area contributed by atoms with Crippen LogP contribution in [0.5, 0.6) is 0 Å². The van der Waals surface area contributed by atoms with Crippen LogP contribution in [0.15, 0.2) is 40.1 Å². The van der Waals surface area contributed by atoms with Crippen LogP contribution in [-0.4, -0.2) is 78.1 Å². The monoisotopic (exact) mass is 551 g/mol. The van der Waals surface area contributed by atoms with Crippen molar-refractivity contribution in [1.29, 1.82) is 5.26 Å². The number of unbranched alkanes of at least 4 members (excludes halogenated alkanes) is 1. The highest BCUT2D eigenvalue weighted by atomic mass is 16.5. The van der Waals surface area contributed by atoms with Gasteiger partial charge in [-0.05, 0) is 76.1 Å². The molecule has 11 nitrogen and oxygen atoms in total. The number of carbonyl (C=O) groups excluding carboxylic acids is 3. The second-order valence-corrected chi connectivity index (χ2v) is 10.2. The van der Waals surface area contributed by atoms with E-state index in [-0.39, 0.29) is 43.0 Å². The Morgan fingerprint density at radius 1 is 1.15 bits per heavy atom. The van der Waals surface area contributed by atoms with Crippen molar-refractivity contribution < 1.29 is 28.6 Å². The lowest BCUT2D eigenvalue weighted by molar-refractivity contribution is -0.140. The van der Waals surface area contributed by atoms with Crippen molar-refractivity contribution in [3.8, 4) is 6.07 Å². The number of likely N-dealkylation sites (tertiary alicyclic amines) is 2. The molecule has 2 aromatic rings. The van der Waals surface area contributed by atoms with Crippen molar-refractivity contribution in [2.24, 2.45) is 0 Å². The van der Waals surface area contributed by atoms with Gasteiger partial charge in [-0.15, -0.1) is 0 Å². The summed E-state index contributed by atoms with van der Waals surface area (Å²) in [4.78, 5) is 42.7. The first kappa shape index (κ1) is 29.0. The summed E-state index contributed by atoms with van der Waals surface area (Å²) in [6.45, 7) is 3.78. The van der Waals surface area contributed by atoms with Crippen molar-refractivity contribution in [2.75, 3.05) is 44.7 Å². The van der Waals surface area contributed by atoms with E-state index in [0.717, 1.165) is 36.8 Å². The summed E-state index contributed by atoms with van der Waals surface area (Å²) in [5, 5.41) is 26.0. The van der Waals surface area contributed by atoms with Gasteiger partial charge in [0.25, 0.3) is 0 Å². The summed E-state index contributed by atoms with van der Waals surface area (Å²) in [5.41, 5.74) is 0.977. The summed E-state index contributed by atoms with van der Waals surface area (Å²) in [6.07, 6.45) is 4.82. The number of nitrogens with one attached hydrogen (secondary N) is 2. The molecule has 2 saturated heterocycles. The number of aliphatic hydroxyl groups is 1. The molecule has 0 spiro atoms. The van der Waals surface area contributed by atoms with Gasteiger partial charge in [-0.2, -0.15) is 5.26 Å². The minimum atomic E-state index is -0.835. The first-order valence-corrected chi connectivity index (χ1v) is 13.9. The number of anilines is 1. The minimum absolute atomic E-state index is 0.0119. The Morgan fingerprint density at radius 3 is 2.67 bits per heavy atom. The number of aryl methyl sites for hydroxylation is 1. The smallest absolute Gasteiger partial charge is 0.352 e. The highest BCUT2D eigenvalue weighted by Crippen LogP contribution is 2.24. The first-order chi connectivity index (χ1) is 19.4. The highest BCUT2D eigenvalue weighted by Gasteiger charge is 2.32. The number of ether oxygens (including phenoxy) is 1. The normalized spacial score (nSPS) is 18.2. The van der Waals surface area contributed by atoms with E-state index >= 15 is 0 Å². The van der Waals surface area contributed by atoms with E-state index in [4.69, 9.17) is 14.3 Å². The lowest BCUT2D eigenvalue weighted by Gasteiger charge is -2.28. The molecule has 3 N–H and O–H groups in total. The minimum Gasteiger partial charge on any atom is -0.461 e. The Morgan fingerprint density at radius 2 is 1.93 bits per heavy atom. The van der Waals surface area contributed by atoms with Crippen LogP contribution in [0.4, 0.5) is 5.69 Å². The van der Waals surface area contributed by atoms with Crippen LogP contribution in [0.25, 0.3) is 11.0 Å². The van der Waals surface area contributed by atoms with Gasteiger partial charge in [-0.3, -0.25) is 9.59 Å². The van der Waals surface area contributed by atoms with Crippen LogP contribution in [0.2, 0.25) is 0 Å². The lowest BCUT2D eigenvalue weighted by Crippen LogP contribution is -2.49. The fourth-order valence-corrected chi connectivity index (χ4v) is 5.02. The predicted octanol–water partition coefficient (Wildman–Crippen LogP) is 2.80. The number of fused-ring (bicyclic) bond motifs is 1. The number of furan rings is 1. The van der Waals surface area contributed by atoms with Gasteiger partial charge in [0.2, 0.25) is 11.8 Å². The molecule has 2 aliphatic heterocycles. The molecule has 0 saturated carbocycles. The van der Waals surface area contributed by atoms with Crippen LogP contribution in [0.3, 0.4) is 0 Å². The molecular weight excluding hydrogens is 514 g/mol. The fourth-order valence-electron chi connectivity index (χ4n) is 5.02. The molecule has 214 valence electrons. The molecular formula is C29H37N5O6. The van der Waals surface area contributed by atoms with Crippen LogP contribution < -0.4 is 10.6 Å². The molecule has 1 aromatic heterocycles. The molecule has 40 heavy (non-hydrogen) atoms. The van der Waals surface area contributed by atoms with Crippen LogP contribution in [-0.2, 0) is 19.1 Å². The largest absolute Gasteiger partial charge is 0.461 e. The molecule has 2 amide bonds. The van der Waals surface area contributed by atoms with Gasteiger partial charge in [0.15, 0.2) is 5.57 Å². The van der Waals surface area contributed by atoms with E-state index in [0.29, 0.717) is 50.2 Å². The van der Waals surface area contributed by atoms with E-state index < -0.39 is 12.0 Å². The van der Waals surface area contributed by atoms with Crippen molar-refractivity contribution in [3.05, 3.63) is 41.4 Å². The van der Waals surface area contributed by atoms with E-state index in [2.05, 4.69) is 10.6 Å². The highest BCUT2D eigenvalue weighted by molar-refractivity contribution is 5.95. The van der Waals surface area contributed by atoms with Crippen LogP contribution in [0, 0.1) is 18.3 Å². The van der Waals surface area contributed by atoms with E-state index in [1.165, 1.54) is 0 Å². The molecule has 0 radical (unpaired) electrons. The predicted molar refractivity (Wildman–Crippen MR) is 148 cm³/mol. The third kappa shape index (κ3) is 7.33. The number of aliphatic hydroxyl groups excluding tert-OH is 1. The summed E-state index contributed by atoms with van der Waals surface area (Å²) in [6, 6.07) is 8.42. The molecule has 2 fully saturated rings. The summed E-state index contributed by atoms with van der Waals surface area (Å²) in [5.74, 6) is -0.344. The van der Waals surface area contributed by atoms with Gasteiger partial charge in [0.05, 0.1) is 13.2 Å².